The molecule has 0 radical (unpaired) electrons. The highest BCUT2D eigenvalue weighted by atomic mass is 35.5. The van der Waals surface area contributed by atoms with E-state index in [-0.39, 0.29) is 0 Å². The van der Waals surface area contributed by atoms with Crippen molar-refractivity contribution in [2.75, 3.05) is 0 Å². The van der Waals surface area contributed by atoms with Crippen molar-refractivity contribution in [1.29, 1.82) is 0 Å². The zero-order valence-electron chi connectivity index (χ0n) is 10.4. The van der Waals surface area contributed by atoms with Crippen LogP contribution < -0.4 is 0 Å². The van der Waals surface area contributed by atoms with Crippen molar-refractivity contribution >= 4 is 22.9 Å². The summed E-state index contributed by atoms with van der Waals surface area (Å²) in [6, 6.07) is 4.47. The molecule has 0 aliphatic heterocycles. The maximum absolute atomic E-state index is 5.77. The molecule has 0 N–H and O–H groups in total. The molecule has 1 heterocycles. The highest BCUT2D eigenvalue weighted by Crippen LogP contribution is 2.22. The minimum Gasteiger partial charge on any atom is -0.245 e. The molecule has 0 aliphatic carbocycles. The van der Waals surface area contributed by atoms with Crippen LogP contribution in [0.15, 0.2) is 17.5 Å². The highest BCUT2D eigenvalue weighted by Gasteiger charge is 2.08. The van der Waals surface area contributed by atoms with Crippen LogP contribution in [0.1, 0.15) is 33.0 Å². The summed E-state index contributed by atoms with van der Waals surface area (Å²) in [5.74, 6) is 0.502. The summed E-state index contributed by atoms with van der Waals surface area (Å²) in [7, 11) is 0. The fourth-order valence-corrected chi connectivity index (χ4v) is 3.17. The maximum atomic E-state index is 5.77. The molecule has 90 valence electrons. The van der Waals surface area contributed by atoms with Gasteiger partial charge in [0.05, 0.1) is 16.6 Å². The second-order valence-corrected chi connectivity index (χ2v) is 5.63. The molecule has 17 heavy (non-hydrogen) atoms. The van der Waals surface area contributed by atoms with Crippen molar-refractivity contribution in [3.63, 3.8) is 0 Å². The topological polar surface area (TPSA) is 12.9 Å². The second kappa shape index (κ2) is 5.19. The van der Waals surface area contributed by atoms with Crippen LogP contribution in [-0.2, 0) is 12.3 Å². The fraction of sp³-hybridized carbons (Fsp3) is 0.357. The molecule has 0 amide bonds. The molecule has 2 aromatic rings. The molecule has 3 heteroatoms. The first-order valence-electron chi connectivity index (χ1n) is 5.66. The van der Waals surface area contributed by atoms with Crippen molar-refractivity contribution in [2.24, 2.45) is 0 Å². The molecular weight excluding hydrogens is 250 g/mol. The summed E-state index contributed by atoms with van der Waals surface area (Å²) in [5.41, 5.74) is 6.40. The van der Waals surface area contributed by atoms with Gasteiger partial charge in [-0.05, 0) is 37.5 Å². The zero-order chi connectivity index (χ0) is 12.4. The Morgan fingerprint density at radius 2 is 1.82 bits per heavy atom. The number of aryl methyl sites for hydroxylation is 3. The number of alkyl halides is 1. The minimum atomic E-state index is 0.502. The third-order valence-electron chi connectivity index (χ3n) is 2.90. The molecule has 0 fully saturated rings. The average Bonchev–Trinajstić information content (AvgIpc) is 2.71. The number of nitrogens with zero attached hydrogens (tertiary/aromatic N) is 1. The van der Waals surface area contributed by atoms with Gasteiger partial charge in [-0.3, -0.25) is 0 Å². The molecule has 0 atom stereocenters. The van der Waals surface area contributed by atoms with Gasteiger partial charge in [0.25, 0.3) is 0 Å². The summed E-state index contributed by atoms with van der Waals surface area (Å²) in [5, 5.41) is 3.19. The van der Waals surface area contributed by atoms with Crippen LogP contribution in [0.4, 0.5) is 0 Å². The lowest BCUT2D eigenvalue weighted by molar-refractivity contribution is 1.06. The predicted octanol–water partition coefficient (Wildman–Crippen LogP) is 4.40. The van der Waals surface area contributed by atoms with Gasteiger partial charge >= 0.3 is 0 Å². The van der Waals surface area contributed by atoms with Crippen molar-refractivity contribution in [2.45, 2.75) is 33.1 Å². The van der Waals surface area contributed by atoms with E-state index < -0.39 is 0 Å². The van der Waals surface area contributed by atoms with Gasteiger partial charge in [0.1, 0.15) is 0 Å². The SMILES string of the molecule is Cc1cc(C)c(Cc2nc(CCl)cs2)c(C)c1. The van der Waals surface area contributed by atoms with Gasteiger partial charge in [0.15, 0.2) is 0 Å². The number of hydrogen-bond donors (Lipinski definition) is 0. The Morgan fingerprint density at radius 1 is 1.18 bits per heavy atom. The molecule has 0 saturated heterocycles. The van der Waals surface area contributed by atoms with Crippen LogP contribution in [0, 0.1) is 20.8 Å². The van der Waals surface area contributed by atoms with E-state index in [1.807, 2.05) is 5.38 Å². The van der Waals surface area contributed by atoms with Crippen LogP contribution in [-0.4, -0.2) is 4.98 Å². The Balaban J connectivity index is 2.29. The summed E-state index contributed by atoms with van der Waals surface area (Å²) >= 11 is 7.47. The number of rotatable bonds is 3. The van der Waals surface area contributed by atoms with Crippen LogP contribution >= 0.6 is 22.9 Å². The van der Waals surface area contributed by atoms with Crippen LogP contribution in [0.25, 0.3) is 0 Å². The molecule has 1 aromatic carbocycles. The standard InChI is InChI=1S/C14H16ClNS/c1-9-4-10(2)13(11(3)5-9)6-14-16-12(7-15)8-17-14/h4-5,8H,6-7H2,1-3H3. The first-order valence-corrected chi connectivity index (χ1v) is 7.07. The lowest BCUT2D eigenvalue weighted by Crippen LogP contribution is -1.96. The van der Waals surface area contributed by atoms with Crippen molar-refractivity contribution in [1.82, 2.24) is 4.98 Å². The van der Waals surface area contributed by atoms with Crippen molar-refractivity contribution in [3.05, 3.63) is 50.5 Å². The van der Waals surface area contributed by atoms with Gasteiger partial charge in [-0.1, -0.05) is 17.7 Å². The smallest absolute Gasteiger partial charge is 0.0972 e. The molecule has 1 nitrogen and oxygen atoms in total. The third kappa shape index (κ3) is 2.88. The Labute approximate surface area is 111 Å². The summed E-state index contributed by atoms with van der Waals surface area (Å²) in [6.07, 6.45) is 0.916. The number of hydrogen-bond acceptors (Lipinski definition) is 2. The average molecular weight is 266 g/mol. The number of aromatic nitrogens is 1. The van der Waals surface area contributed by atoms with E-state index in [9.17, 15) is 0 Å². The van der Waals surface area contributed by atoms with Crippen molar-refractivity contribution in [3.8, 4) is 0 Å². The molecular formula is C14H16ClNS. The van der Waals surface area contributed by atoms with Gasteiger partial charge in [-0.25, -0.2) is 4.98 Å². The second-order valence-electron chi connectivity index (χ2n) is 4.42. The number of benzene rings is 1. The molecule has 0 unspecified atom stereocenters. The van der Waals surface area contributed by atoms with Gasteiger partial charge in [0, 0.05) is 11.8 Å². The molecule has 0 bridgehead atoms. The van der Waals surface area contributed by atoms with E-state index in [2.05, 4.69) is 37.9 Å². The molecule has 2 rings (SSSR count). The van der Waals surface area contributed by atoms with Gasteiger partial charge in [-0.15, -0.1) is 22.9 Å². The van der Waals surface area contributed by atoms with Gasteiger partial charge in [-0.2, -0.15) is 0 Å². The third-order valence-corrected chi connectivity index (χ3v) is 4.08. The Morgan fingerprint density at radius 3 is 2.35 bits per heavy atom. The fourth-order valence-electron chi connectivity index (χ4n) is 2.13. The Hall–Kier alpha value is -0.860. The summed E-state index contributed by atoms with van der Waals surface area (Å²) in [6.45, 7) is 6.48. The van der Waals surface area contributed by atoms with E-state index in [0.29, 0.717) is 5.88 Å². The van der Waals surface area contributed by atoms with E-state index in [4.69, 9.17) is 11.6 Å². The normalized spacial score (nSPS) is 10.8. The van der Waals surface area contributed by atoms with Crippen LogP contribution in [0.3, 0.4) is 0 Å². The summed E-state index contributed by atoms with van der Waals surface area (Å²) < 4.78 is 0. The van der Waals surface area contributed by atoms with E-state index >= 15 is 0 Å². The van der Waals surface area contributed by atoms with Crippen molar-refractivity contribution < 1.29 is 0 Å². The Bertz CT molecular complexity index is 508. The predicted molar refractivity (Wildman–Crippen MR) is 75.1 cm³/mol. The number of halogens is 1. The quantitative estimate of drug-likeness (QED) is 0.750. The van der Waals surface area contributed by atoms with E-state index in [1.165, 1.54) is 22.3 Å². The lowest BCUT2D eigenvalue weighted by Gasteiger charge is -2.09. The molecule has 0 saturated carbocycles. The first-order chi connectivity index (χ1) is 8.10. The largest absolute Gasteiger partial charge is 0.245 e. The summed E-state index contributed by atoms with van der Waals surface area (Å²) in [4.78, 5) is 4.52. The Kier molecular flexibility index (Phi) is 3.85. The monoisotopic (exact) mass is 265 g/mol. The van der Waals surface area contributed by atoms with Crippen LogP contribution in [0.5, 0.6) is 0 Å². The first kappa shape index (κ1) is 12.6. The van der Waals surface area contributed by atoms with Gasteiger partial charge < -0.3 is 0 Å². The van der Waals surface area contributed by atoms with E-state index in [0.717, 1.165) is 17.1 Å². The molecule has 0 aliphatic rings. The minimum absolute atomic E-state index is 0.502. The number of thiazole rings is 1. The van der Waals surface area contributed by atoms with Crippen LogP contribution in [0.2, 0.25) is 0 Å². The van der Waals surface area contributed by atoms with E-state index in [1.54, 1.807) is 11.3 Å². The highest BCUT2D eigenvalue weighted by molar-refractivity contribution is 7.09. The molecule has 1 aromatic heterocycles. The van der Waals surface area contributed by atoms with Gasteiger partial charge in [0.2, 0.25) is 0 Å². The lowest BCUT2D eigenvalue weighted by atomic mass is 9.98. The maximum Gasteiger partial charge on any atom is 0.0972 e. The zero-order valence-corrected chi connectivity index (χ0v) is 12.0. The molecule has 0 spiro atoms.